The van der Waals surface area contributed by atoms with Gasteiger partial charge in [0, 0.05) is 16.7 Å². The highest BCUT2D eigenvalue weighted by Gasteiger charge is 2.17. The Morgan fingerprint density at radius 2 is 2.00 bits per heavy atom. The number of hydrogen-bond acceptors (Lipinski definition) is 7. The van der Waals surface area contributed by atoms with Crippen LogP contribution >= 0.6 is 34.7 Å². The second-order valence-electron chi connectivity index (χ2n) is 5.17. The van der Waals surface area contributed by atoms with Crippen LogP contribution in [0.15, 0.2) is 62.1 Å². The molecule has 0 bridgehead atoms. The van der Waals surface area contributed by atoms with Crippen LogP contribution in [0.5, 0.6) is 0 Å². The lowest BCUT2D eigenvalue weighted by atomic mass is 10.2. The first kappa shape index (κ1) is 18.8. The highest BCUT2D eigenvalue weighted by Crippen LogP contribution is 2.34. The van der Waals surface area contributed by atoms with E-state index in [0.717, 1.165) is 15.5 Å². The topological polar surface area (TPSA) is 89.0 Å². The molecule has 0 saturated carbocycles. The summed E-state index contributed by atoms with van der Waals surface area (Å²) in [5, 5.41) is 10.6. The Balaban J connectivity index is 1.87. The van der Waals surface area contributed by atoms with E-state index in [1.165, 1.54) is 41.3 Å². The van der Waals surface area contributed by atoms with Gasteiger partial charge >= 0.3 is 0 Å². The molecule has 0 fully saturated rings. The molecule has 26 heavy (non-hydrogen) atoms. The molecule has 134 valence electrons. The number of amides is 1. The number of nitrogens with zero attached hydrogens (tertiary/aromatic N) is 2. The summed E-state index contributed by atoms with van der Waals surface area (Å²) in [5.41, 5.74) is 2.42. The van der Waals surface area contributed by atoms with Crippen molar-refractivity contribution in [3.63, 3.8) is 0 Å². The van der Waals surface area contributed by atoms with Crippen LogP contribution in [0.25, 0.3) is 0 Å². The molecule has 3 rings (SSSR count). The molecule has 0 radical (unpaired) electrons. The number of para-hydroxylation sites is 1. The van der Waals surface area contributed by atoms with E-state index in [1.54, 1.807) is 17.6 Å². The van der Waals surface area contributed by atoms with Crippen LogP contribution < -0.4 is 5.32 Å². The monoisotopic (exact) mass is 425 g/mol. The van der Waals surface area contributed by atoms with Gasteiger partial charge in [0.25, 0.3) is 5.91 Å². The van der Waals surface area contributed by atoms with Gasteiger partial charge in [0.2, 0.25) is 0 Å². The largest absolute Gasteiger partial charge is 0.321 e. The number of benzene rings is 2. The zero-order valence-corrected chi connectivity index (χ0v) is 16.5. The van der Waals surface area contributed by atoms with Gasteiger partial charge < -0.3 is 5.32 Å². The summed E-state index contributed by atoms with van der Waals surface area (Å²) in [5.74, 6) is -0.433. The molecular weight excluding hydrogens is 414 g/mol. The summed E-state index contributed by atoms with van der Waals surface area (Å²) in [4.78, 5) is 13.3. The number of anilines is 1. The predicted molar refractivity (Wildman–Crippen MR) is 103 cm³/mol. The van der Waals surface area contributed by atoms with Gasteiger partial charge in [-0.1, -0.05) is 46.8 Å². The van der Waals surface area contributed by atoms with Gasteiger partial charge in [0.05, 0.1) is 15.6 Å². The van der Waals surface area contributed by atoms with Gasteiger partial charge in [-0.15, -0.1) is 10.2 Å². The van der Waals surface area contributed by atoms with Crippen LogP contribution in [0, 0.1) is 0 Å². The summed E-state index contributed by atoms with van der Waals surface area (Å²) in [6.45, 7) is 0. The van der Waals surface area contributed by atoms with Crippen molar-refractivity contribution in [1.82, 2.24) is 10.2 Å². The SMILES string of the molecule is CS(=O)(=O)c1cc(C(=O)Nc2ccccc2Sc2nncs2)ccc1Cl. The molecule has 0 saturated heterocycles. The van der Waals surface area contributed by atoms with Crippen molar-refractivity contribution in [2.75, 3.05) is 11.6 Å². The average Bonchev–Trinajstić information content (AvgIpc) is 3.09. The molecule has 1 amide bonds. The Kier molecular flexibility index (Phi) is 5.61. The van der Waals surface area contributed by atoms with Crippen molar-refractivity contribution < 1.29 is 13.2 Å². The average molecular weight is 426 g/mol. The first-order valence-corrected chi connectivity index (χ1v) is 11.1. The van der Waals surface area contributed by atoms with Crippen LogP contribution in [0.3, 0.4) is 0 Å². The van der Waals surface area contributed by atoms with Crippen LogP contribution in [0.4, 0.5) is 5.69 Å². The molecule has 1 heterocycles. The Bertz CT molecular complexity index is 1050. The van der Waals surface area contributed by atoms with E-state index in [-0.39, 0.29) is 15.5 Å². The molecule has 0 spiro atoms. The van der Waals surface area contributed by atoms with E-state index in [2.05, 4.69) is 15.5 Å². The lowest BCUT2D eigenvalue weighted by Crippen LogP contribution is -2.13. The molecule has 6 nitrogen and oxygen atoms in total. The van der Waals surface area contributed by atoms with E-state index in [9.17, 15) is 13.2 Å². The minimum atomic E-state index is -3.53. The smallest absolute Gasteiger partial charge is 0.255 e. The fraction of sp³-hybridized carbons (Fsp3) is 0.0625. The van der Waals surface area contributed by atoms with Gasteiger partial charge in [-0.05, 0) is 30.3 Å². The Labute approximate surface area is 163 Å². The third-order valence-corrected chi connectivity index (χ3v) is 6.70. The maximum atomic E-state index is 12.6. The Morgan fingerprint density at radius 3 is 2.69 bits per heavy atom. The van der Waals surface area contributed by atoms with Gasteiger partial charge in [-0.3, -0.25) is 4.79 Å². The molecule has 0 aliphatic rings. The highest BCUT2D eigenvalue weighted by molar-refractivity contribution is 8.01. The summed E-state index contributed by atoms with van der Waals surface area (Å²) >= 11 is 8.70. The minimum Gasteiger partial charge on any atom is -0.321 e. The second kappa shape index (κ2) is 7.75. The number of halogens is 1. The van der Waals surface area contributed by atoms with E-state index in [0.29, 0.717) is 5.69 Å². The summed E-state index contributed by atoms with van der Waals surface area (Å²) in [7, 11) is -3.53. The quantitative estimate of drug-likeness (QED) is 0.664. The maximum absolute atomic E-state index is 12.6. The second-order valence-corrected chi connectivity index (χ2v) is 9.69. The fourth-order valence-electron chi connectivity index (χ4n) is 2.08. The van der Waals surface area contributed by atoms with Crippen LogP contribution in [0.1, 0.15) is 10.4 Å². The normalized spacial score (nSPS) is 11.3. The number of rotatable bonds is 5. The molecular formula is C16H12ClN3O3S3. The van der Waals surface area contributed by atoms with E-state index in [1.807, 2.05) is 12.1 Å². The number of carbonyl (C=O) groups excluding carboxylic acids is 1. The summed E-state index contributed by atoms with van der Waals surface area (Å²) in [6.07, 6.45) is 1.05. The van der Waals surface area contributed by atoms with Gasteiger partial charge in [-0.2, -0.15) is 0 Å². The fourth-order valence-corrected chi connectivity index (χ4v) is 4.91. The van der Waals surface area contributed by atoms with Crippen LogP contribution in [-0.2, 0) is 9.84 Å². The molecule has 3 aromatic rings. The first-order chi connectivity index (χ1) is 12.3. The Hall–Kier alpha value is -1.94. The number of sulfone groups is 1. The van der Waals surface area contributed by atoms with Crippen molar-refractivity contribution in [1.29, 1.82) is 0 Å². The predicted octanol–water partition coefficient (Wildman–Crippen LogP) is 4.00. The molecule has 0 unspecified atom stereocenters. The zero-order valence-electron chi connectivity index (χ0n) is 13.3. The van der Waals surface area contributed by atoms with Gasteiger partial charge in [0.1, 0.15) is 5.51 Å². The van der Waals surface area contributed by atoms with Gasteiger partial charge in [0.15, 0.2) is 14.2 Å². The van der Waals surface area contributed by atoms with E-state index >= 15 is 0 Å². The highest BCUT2D eigenvalue weighted by atomic mass is 35.5. The number of aromatic nitrogens is 2. The molecule has 0 atom stereocenters. The third kappa shape index (κ3) is 4.42. The van der Waals surface area contributed by atoms with Crippen molar-refractivity contribution in [3.8, 4) is 0 Å². The molecule has 10 heteroatoms. The lowest BCUT2D eigenvalue weighted by Gasteiger charge is -2.10. The summed E-state index contributed by atoms with van der Waals surface area (Å²) in [6, 6.07) is 11.4. The van der Waals surface area contributed by atoms with Crippen molar-refractivity contribution in [3.05, 3.63) is 58.6 Å². The third-order valence-electron chi connectivity index (χ3n) is 3.27. The number of carbonyl (C=O) groups is 1. The standard InChI is InChI=1S/C16H12ClN3O3S3/c1-26(22,23)14-8-10(6-7-11(14)17)15(21)19-12-4-2-3-5-13(12)25-16-20-18-9-24-16/h2-9H,1H3,(H,19,21). The van der Waals surface area contributed by atoms with E-state index < -0.39 is 15.7 Å². The Morgan fingerprint density at radius 1 is 1.23 bits per heavy atom. The molecule has 2 aromatic carbocycles. The molecule has 1 aromatic heterocycles. The molecule has 1 N–H and O–H groups in total. The first-order valence-electron chi connectivity index (χ1n) is 7.18. The van der Waals surface area contributed by atoms with Crippen molar-refractivity contribution >= 4 is 56.1 Å². The van der Waals surface area contributed by atoms with Crippen molar-refractivity contribution in [2.24, 2.45) is 0 Å². The van der Waals surface area contributed by atoms with Crippen LogP contribution in [-0.4, -0.2) is 30.8 Å². The molecule has 0 aliphatic heterocycles. The maximum Gasteiger partial charge on any atom is 0.255 e. The van der Waals surface area contributed by atoms with Crippen LogP contribution in [0.2, 0.25) is 5.02 Å². The minimum absolute atomic E-state index is 0.0799. The van der Waals surface area contributed by atoms with Crippen molar-refractivity contribution in [2.45, 2.75) is 14.1 Å². The molecule has 0 aliphatic carbocycles. The van der Waals surface area contributed by atoms with Gasteiger partial charge in [-0.25, -0.2) is 8.42 Å². The number of nitrogens with one attached hydrogen (secondary N) is 1. The van der Waals surface area contributed by atoms with E-state index in [4.69, 9.17) is 11.6 Å². The summed E-state index contributed by atoms with van der Waals surface area (Å²) < 4.78 is 24.3. The zero-order chi connectivity index (χ0) is 18.7. The number of hydrogen-bond donors (Lipinski definition) is 1. The lowest BCUT2D eigenvalue weighted by molar-refractivity contribution is 0.102.